The SMILES string of the molecule is CCOc1cccc(-c2cc(C)ccc2O)c1. The summed E-state index contributed by atoms with van der Waals surface area (Å²) in [5.74, 6) is 1.12. The summed E-state index contributed by atoms with van der Waals surface area (Å²) < 4.78 is 5.46. The van der Waals surface area contributed by atoms with Gasteiger partial charge in [0.05, 0.1) is 6.61 Å². The second-order valence-electron chi connectivity index (χ2n) is 3.98. The van der Waals surface area contributed by atoms with E-state index in [-0.39, 0.29) is 0 Å². The average Bonchev–Trinajstić information content (AvgIpc) is 2.33. The summed E-state index contributed by atoms with van der Waals surface area (Å²) in [6.07, 6.45) is 0. The molecule has 0 bridgehead atoms. The van der Waals surface area contributed by atoms with Crippen molar-refractivity contribution in [2.75, 3.05) is 6.61 Å². The molecule has 88 valence electrons. The molecule has 17 heavy (non-hydrogen) atoms. The normalized spacial score (nSPS) is 10.2. The number of benzene rings is 2. The van der Waals surface area contributed by atoms with E-state index in [2.05, 4.69) is 0 Å². The molecule has 1 N–H and O–H groups in total. The van der Waals surface area contributed by atoms with Crippen LogP contribution in [0.2, 0.25) is 0 Å². The summed E-state index contributed by atoms with van der Waals surface area (Å²) in [5, 5.41) is 9.87. The third kappa shape index (κ3) is 2.59. The number of aromatic hydroxyl groups is 1. The highest BCUT2D eigenvalue weighted by atomic mass is 16.5. The van der Waals surface area contributed by atoms with E-state index in [4.69, 9.17) is 4.74 Å². The maximum absolute atomic E-state index is 9.87. The Balaban J connectivity index is 2.45. The van der Waals surface area contributed by atoms with Crippen LogP contribution >= 0.6 is 0 Å². The summed E-state index contributed by atoms with van der Waals surface area (Å²) in [6, 6.07) is 13.3. The van der Waals surface area contributed by atoms with Crippen molar-refractivity contribution in [2.24, 2.45) is 0 Å². The molecule has 0 saturated carbocycles. The third-order valence-corrected chi connectivity index (χ3v) is 2.61. The second-order valence-corrected chi connectivity index (χ2v) is 3.98. The van der Waals surface area contributed by atoms with Gasteiger partial charge < -0.3 is 9.84 Å². The van der Waals surface area contributed by atoms with E-state index in [0.29, 0.717) is 12.4 Å². The number of rotatable bonds is 3. The van der Waals surface area contributed by atoms with E-state index < -0.39 is 0 Å². The molecule has 2 heteroatoms. The number of phenolic OH excluding ortho intramolecular Hbond substituents is 1. The molecule has 0 saturated heterocycles. The molecule has 0 aliphatic carbocycles. The first-order valence-electron chi connectivity index (χ1n) is 5.73. The fourth-order valence-corrected chi connectivity index (χ4v) is 1.80. The number of aryl methyl sites for hydroxylation is 1. The van der Waals surface area contributed by atoms with Crippen molar-refractivity contribution in [1.82, 2.24) is 0 Å². The lowest BCUT2D eigenvalue weighted by atomic mass is 10.0. The van der Waals surface area contributed by atoms with E-state index >= 15 is 0 Å². The van der Waals surface area contributed by atoms with E-state index in [1.807, 2.05) is 50.2 Å². The van der Waals surface area contributed by atoms with Gasteiger partial charge in [-0.2, -0.15) is 0 Å². The Morgan fingerprint density at radius 3 is 2.71 bits per heavy atom. The van der Waals surface area contributed by atoms with Gasteiger partial charge in [0.15, 0.2) is 0 Å². The average molecular weight is 228 g/mol. The van der Waals surface area contributed by atoms with Gasteiger partial charge in [-0.25, -0.2) is 0 Å². The molecule has 2 nitrogen and oxygen atoms in total. The monoisotopic (exact) mass is 228 g/mol. The minimum atomic E-state index is 0.296. The van der Waals surface area contributed by atoms with Crippen molar-refractivity contribution in [3.63, 3.8) is 0 Å². The molecule has 0 aromatic heterocycles. The first-order chi connectivity index (χ1) is 8.20. The highest BCUT2D eigenvalue weighted by Gasteiger charge is 2.05. The van der Waals surface area contributed by atoms with Crippen molar-refractivity contribution in [3.05, 3.63) is 48.0 Å². The molecular weight excluding hydrogens is 212 g/mol. The van der Waals surface area contributed by atoms with E-state index in [1.165, 1.54) is 0 Å². The van der Waals surface area contributed by atoms with Crippen LogP contribution in [0.4, 0.5) is 0 Å². The van der Waals surface area contributed by atoms with Crippen LogP contribution in [-0.2, 0) is 0 Å². The molecule has 0 fully saturated rings. The minimum Gasteiger partial charge on any atom is -0.507 e. The molecule has 0 aliphatic heterocycles. The molecule has 0 radical (unpaired) electrons. The number of hydrogen-bond donors (Lipinski definition) is 1. The Bertz CT molecular complexity index is 518. The highest BCUT2D eigenvalue weighted by molar-refractivity contribution is 5.71. The molecule has 2 rings (SSSR count). The van der Waals surface area contributed by atoms with Crippen LogP contribution in [0.25, 0.3) is 11.1 Å². The smallest absolute Gasteiger partial charge is 0.123 e. The van der Waals surface area contributed by atoms with Crippen LogP contribution in [0.5, 0.6) is 11.5 Å². The van der Waals surface area contributed by atoms with Gasteiger partial charge in [-0.15, -0.1) is 0 Å². The first-order valence-corrected chi connectivity index (χ1v) is 5.73. The lowest BCUT2D eigenvalue weighted by Gasteiger charge is -2.08. The molecule has 0 spiro atoms. The van der Waals surface area contributed by atoms with Crippen LogP contribution in [-0.4, -0.2) is 11.7 Å². The fourth-order valence-electron chi connectivity index (χ4n) is 1.80. The summed E-state index contributed by atoms with van der Waals surface area (Å²) in [4.78, 5) is 0. The maximum Gasteiger partial charge on any atom is 0.123 e. The van der Waals surface area contributed by atoms with Gasteiger partial charge in [0.1, 0.15) is 11.5 Å². The third-order valence-electron chi connectivity index (χ3n) is 2.61. The highest BCUT2D eigenvalue weighted by Crippen LogP contribution is 2.31. The molecule has 0 atom stereocenters. The van der Waals surface area contributed by atoms with Gasteiger partial charge in [0.2, 0.25) is 0 Å². The Labute approximate surface area is 101 Å². The minimum absolute atomic E-state index is 0.296. The largest absolute Gasteiger partial charge is 0.507 e. The van der Waals surface area contributed by atoms with Gasteiger partial charge in [0.25, 0.3) is 0 Å². The Kier molecular flexibility index (Phi) is 3.33. The van der Waals surface area contributed by atoms with Gasteiger partial charge >= 0.3 is 0 Å². The summed E-state index contributed by atoms with van der Waals surface area (Å²) in [5.41, 5.74) is 2.93. The van der Waals surface area contributed by atoms with Crippen LogP contribution in [0.1, 0.15) is 12.5 Å². The molecule has 0 aliphatic rings. The van der Waals surface area contributed by atoms with Crippen molar-refractivity contribution in [1.29, 1.82) is 0 Å². The van der Waals surface area contributed by atoms with E-state index in [0.717, 1.165) is 22.4 Å². The Hall–Kier alpha value is -1.96. The predicted octanol–water partition coefficient (Wildman–Crippen LogP) is 3.77. The van der Waals surface area contributed by atoms with Crippen molar-refractivity contribution >= 4 is 0 Å². The van der Waals surface area contributed by atoms with Crippen LogP contribution in [0.15, 0.2) is 42.5 Å². The van der Waals surface area contributed by atoms with E-state index in [1.54, 1.807) is 6.07 Å². The Morgan fingerprint density at radius 2 is 1.94 bits per heavy atom. The van der Waals surface area contributed by atoms with Crippen molar-refractivity contribution in [2.45, 2.75) is 13.8 Å². The zero-order chi connectivity index (χ0) is 12.3. The topological polar surface area (TPSA) is 29.5 Å². The molecule has 0 unspecified atom stereocenters. The second kappa shape index (κ2) is 4.91. The van der Waals surface area contributed by atoms with Crippen molar-refractivity contribution in [3.8, 4) is 22.6 Å². The fraction of sp³-hybridized carbons (Fsp3) is 0.200. The molecule has 0 amide bonds. The number of ether oxygens (including phenoxy) is 1. The van der Waals surface area contributed by atoms with Gasteiger partial charge in [-0.05, 0) is 43.7 Å². The predicted molar refractivity (Wildman–Crippen MR) is 69.4 cm³/mol. The number of hydrogen-bond acceptors (Lipinski definition) is 2. The lowest BCUT2D eigenvalue weighted by molar-refractivity contribution is 0.340. The maximum atomic E-state index is 9.87. The molecule has 0 heterocycles. The zero-order valence-electron chi connectivity index (χ0n) is 10.1. The molecular formula is C15H16O2. The standard InChI is InChI=1S/C15H16O2/c1-3-17-13-6-4-5-12(10-13)14-9-11(2)7-8-15(14)16/h4-10,16H,3H2,1-2H3. The van der Waals surface area contributed by atoms with Gasteiger partial charge in [-0.1, -0.05) is 23.8 Å². The summed E-state index contributed by atoms with van der Waals surface area (Å²) in [6.45, 7) is 4.61. The first kappa shape index (κ1) is 11.5. The quantitative estimate of drug-likeness (QED) is 0.866. The van der Waals surface area contributed by atoms with E-state index in [9.17, 15) is 5.11 Å². The van der Waals surface area contributed by atoms with Crippen LogP contribution in [0.3, 0.4) is 0 Å². The lowest BCUT2D eigenvalue weighted by Crippen LogP contribution is -1.91. The number of phenols is 1. The zero-order valence-corrected chi connectivity index (χ0v) is 10.1. The van der Waals surface area contributed by atoms with Crippen molar-refractivity contribution < 1.29 is 9.84 Å². The summed E-state index contributed by atoms with van der Waals surface area (Å²) >= 11 is 0. The summed E-state index contributed by atoms with van der Waals surface area (Å²) in [7, 11) is 0. The molecule has 2 aromatic carbocycles. The Morgan fingerprint density at radius 1 is 1.12 bits per heavy atom. The van der Waals surface area contributed by atoms with Crippen LogP contribution < -0.4 is 4.74 Å². The molecule has 2 aromatic rings. The van der Waals surface area contributed by atoms with Gasteiger partial charge in [-0.3, -0.25) is 0 Å². The van der Waals surface area contributed by atoms with Crippen LogP contribution in [0, 0.1) is 6.92 Å². The van der Waals surface area contributed by atoms with Gasteiger partial charge in [0, 0.05) is 5.56 Å².